The van der Waals surface area contributed by atoms with Crippen molar-refractivity contribution in [1.82, 2.24) is 9.88 Å². The summed E-state index contributed by atoms with van der Waals surface area (Å²) >= 11 is 0. The van der Waals surface area contributed by atoms with Crippen LogP contribution in [0, 0.1) is 24.5 Å². The van der Waals surface area contributed by atoms with Gasteiger partial charge in [0, 0.05) is 18.9 Å². The Hall–Kier alpha value is -3.17. The number of benzene rings is 1. The number of hydrogen-bond acceptors (Lipinski definition) is 4. The van der Waals surface area contributed by atoms with Gasteiger partial charge in [0.1, 0.15) is 5.82 Å². The molecule has 2 atom stereocenters. The highest BCUT2D eigenvalue weighted by atomic mass is 19.3. The first-order valence-corrected chi connectivity index (χ1v) is 9.16. The number of anilines is 2. The van der Waals surface area contributed by atoms with Gasteiger partial charge in [0.05, 0.1) is 17.9 Å². The minimum absolute atomic E-state index is 0.0216. The molecule has 0 aliphatic carbocycles. The predicted molar refractivity (Wildman–Crippen MR) is 102 cm³/mol. The van der Waals surface area contributed by atoms with Gasteiger partial charge in [-0.1, -0.05) is 13.0 Å². The largest absolute Gasteiger partial charge is 0.383 e. The summed E-state index contributed by atoms with van der Waals surface area (Å²) in [5.41, 5.74) is 6.38. The van der Waals surface area contributed by atoms with E-state index in [0.717, 1.165) is 23.1 Å². The monoisotopic (exact) mass is 424 g/mol. The van der Waals surface area contributed by atoms with Crippen LogP contribution in [0.4, 0.5) is 29.1 Å². The number of nitrogen functional groups attached to an aromatic ring is 1. The number of aryl methyl sites for hydroxylation is 1. The Morgan fingerprint density at radius 2 is 1.93 bits per heavy atom. The van der Waals surface area contributed by atoms with E-state index in [1.54, 1.807) is 6.92 Å². The number of alkyl halides is 2. The van der Waals surface area contributed by atoms with E-state index >= 15 is 0 Å². The van der Waals surface area contributed by atoms with Crippen molar-refractivity contribution in [3.8, 4) is 0 Å². The number of rotatable bonds is 2. The van der Waals surface area contributed by atoms with Crippen molar-refractivity contribution in [1.29, 1.82) is 0 Å². The molecule has 6 nitrogen and oxygen atoms in total. The van der Waals surface area contributed by atoms with E-state index in [0.29, 0.717) is 5.56 Å². The van der Waals surface area contributed by atoms with Gasteiger partial charge in [0.2, 0.25) is 0 Å². The first-order valence-electron chi connectivity index (χ1n) is 9.16. The molecular weight excluding hydrogens is 404 g/mol. The van der Waals surface area contributed by atoms with Gasteiger partial charge in [-0.2, -0.15) is 0 Å². The number of nitrogens with two attached hydrogens (primary N) is 1. The SMILES string of the molecule is Cc1cc(NC(=O)C(=O)N2CC(C)C(F)(F)CC2c2ccc(F)c(F)c2)cnc1N. The Labute approximate surface area is 170 Å². The quantitative estimate of drug-likeness (QED) is 0.571. The third-order valence-electron chi connectivity index (χ3n) is 5.19. The van der Waals surface area contributed by atoms with Crippen molar-refractivity contribution in [3.63, 3.8) is 0 Å². The van der Waals surface area contributed by atoms with Crippen LogP contribution in [0.2, 0.25) is 0 Å². The fraction of sp³-hybridized carbons (Fsp3) is 0.350. The van der Waals surface area contributed by atoms with E-state index < -0.39 is 54.3 Å². The maximum atomic E-state index is 14.4. The highest BCUT2D eigenvalue weighted by Crippen LogP contribution is 2.43. The van der Waals surface area contributed by atoms with Crippen molar-refractivity contribution in [2.24, 2.45) is 5.92 Å². The molecular formula is C20H20F4N4O2. The first-order chi connectivity index (χ1) is 14.0. The van der Waals surface area contributed by atoms with Gasteiger partial charge < -0.3 is 16.0 Å². The second-order valence-corrected chi connectivity index (χ2v) is 7.39. The molecule has 0 radical (unpaired) electrons. The number of hydrogen-bond donors (Lipinski definition) is 2. The molecule has 1 aliphatic heterocycles. The number of aromatic nitrogens is 1. The summed E-state index contributed by atoms with van der Waals surface area (Å²) in [4.78, 5) is 30.1. The van der Waals surface area contributed by atoms with E-state index in [9.17, 15) is 27.2 Å². The number of piperidine rings is 1. The standard InChI is InChI=1S/C20H20F4N4O2/c1-10-5-13(8-26-17(10)25)27-18(29)19(30)28-9-11(2)20(23,24)7-16(28)12-3-4-14(21)15(22)6-12/h3-6,8,11,16H,7,9H2,1-2H3,(H2,25,26)(H,27,29). The van der Waals surface area contributed by atoms with E-state index in [2.05, 4.69) is 10.3 Å². The summed E-state index contributed by atoms with van der Waals surface area (Å²) in [6, 6.07) is 2.90. The van der Waals surface area contributed by atoms with Gasteiger partial charge in [-0.25, -0.2) is 22.5 Å². The molecule has 2 amide bonds. The molecule has 3 N–H and O–H groups in total. The fourth-order valence-corrected chi connectivity index (χ4v) is 3.34. The molecule has 0 spiro atoms. The number of carbonyl (C=O) groups is 2. The summed E-state index contributed by atoms with van der Waals surface area (Å²) in [5.74, 6) is -8.62. The van der Waals surface area contributed by atoms with E-state index in [1.165, 1.54) is 19.2 Å². The molecule has 1 fully saturated rings. The van der Waals surface area contributed by atoms with Crippen molar-refractivity contribution in [3.05, 3.63) is 53.2 Å². The molecule has 30 heavy (non-hydrogen) atoms. The van der Waals surface area contributed by atoms with E-state index in [-0.39, 0.29) is 17.1 Å². The number of carbonyl (C=O) groups excluding carboxylic acids is 2. The van der Waals surface area contributed by atoms with Crippen LogP contribution < -0.4 is 11.1 Å². The third-order valence-corrected chi connectivity index (χ3v) is 5.19. The molecule has 1 saturated heterocycles. The number of nitrogens with one attached hydrogen (secondary N) is 1. The zero-order valence-electron chi connectivity index (χ0n) is 16.3. The van der Waals surface area contributed by atoms with Crippen molar-refractivity contribution >= 4 is 23.3 Å². The van der Waals surface area contributed by atoms with Crippen LogP contribution in [0.1, 0.15) is 30.5 Å². The Morgan fingerprint density at radius 1 is 1.23 bits per heavy atom. The number of amides is 2. The fourth-order valence-electron chi connectivity index (χ4n) is 3.34. The highest BCUT2D eigenvalue weighted by molar-refractivity contribution is 6.39. The van der Waals surface area contributed by atoms with Gasteiger partial charge in [0.15, 0.2) is 11.6 Å². The average Bonchev–Trinajstić information content (AvgIpc) is 2.68. The molecule has 1 aromatic carbocycles. The van der Waals surface area contributed by atoms with Crippen LogP contribution in [0.3, 0.4) is 0 Å². The summed E-state index contributed by atoms with van der Waals surface area (Å²) in [5, 5.41) is 2.37. The minimum Gasteiger partial charge on any atom is -0.383 e. The molecule has 1 aliphatic rings. The Morgan fingerprint density at radius 3 is 2.57 bits per heavy atom. The summed E-state index contributed by atoms with van der Waals surface area (Å²) < 4.78 is 55.7. The van der Waals surface area contributed by atoms with Crippen molar-refractivity contribution in [2.45, 2.75) is 32.2 Å². The lowest BCUT2D eigenvalue weighted by Gasteiger charge is -2.42. The number of nitrogens with zero attached hydrogens (tertiary/aromatic N) is 2. The van der Waals surface area contributed by atoms with Crippen LogP contribution in [0.25, 0.3) is 0 Å². The van der Waals surface area contributed by atoms with Crippen LogP contribution in [0.5, 0.6) is 0 Å². The molecule has 2 aromatic rings. The molecule has 3 rings (SSSR count). The van der Waals surface area contributed by atoms with Crippen LogP contribution in [-0.4, -0.2) is 34.2 Å². The summed E-state index contributed by atoms with van der Waals surface area (Å²) in [6.07, 6.45) is 0.439. The van der Waals surface area contributed by atoms with Crippen molar-refractivity contribution < 1.29 is 27.2 Å². The van der Waals surface area contributed by atoms with Gasteiger partial charge in [-0.15, -0.1) is 0 Å². The van der Waals surface area contributed by atoms with Crippen LogP contribution in [0.15, 0.2) is 30.5 Å². The number of pyridine rings is 1. The lowest BCUT2D eigenvalue weighted by molar-refractivity contribution is -0.159. The molecule has 0 saturated carbocycles. The number of halogens is 4. The second kappa shape index (κ2) is 7.92. The topological polar surface area (TPSA) is 88.3 Å². The number of likely N-dealkylation sites (tertiary alicyclic amines) is 1. The predicted octanol–water partition coefficient (Wildman–Crippen LogP) is 3.43. The molecule has 2 unspecified atom stereocenters. The Kier molecular flexibility index (Phi) is 5.69. The average molecular weight is 424 g/mol. The summed E-state index contributed by atoms with van der Waals surface area (Å²) in [6.45, 7) is 2.49. The lowest BCUT2D eigenvalue weighted by atomic mass is 9.86. The van der Waals surface area contributed by atoms with Gasteiger partial charge in [-0.3, -0.25) is 9.59 Å². The van der Waals surface area contributed by atoms with Gasteiger partial charge in [-0.05, 0) is 36.2 Å². The molecule has 160 valence electrons. The van der Waals surface area contributed by atoms with E-state index in [1.807, 2.05) is 0 Å². The zero-order chi connectivity index (χ0) is 22.2. The minimum atomic E-state index is -3.15. The maximum absolute atomic E-state index is 14.4. The third kappa shape index (κ3) is 4.22. The highest BCUT2D eigenvalue weighted by Gasteiger charge is 2.48. The Bertz CT molecular complexity index is 999. The van der Waals surface area contributed by atoms with Gasteiger partial charge in [0.25, 0.3) is 5.92 Å². The normalized spacial score (nSPS) is 20.7. The molecule has 2 heterocycles. The first kappa shape index (κ1) is 21.5. The van der Waals surface area contributed by atoms with E-state index in [4.69, 9.17) is 5.73 Å². The smallest absolute Gasteiger partial charge is 0.313 e. The maximum Gasteiger partial charge on any atom is 0.313 e. The second-order valence-electron chi connectivity index (χ2n) is 7.39. The zero-order valence-corrected chi connectivity index (χ0v) is 16.3. The van der Waals surface area contributed by atoms with Crippen LogP contribution in [-0.2, 0) is 9.59 Å². The summed E-state index contributed by atoms with van der Waals surface area (Å²) in [7, 11) is 0. The lowest BCUT2D eigenvalue weighted by Crippen LogP contribution is -2.52. The molecule has 0 bridgehead atoms. The van der Waals surface area contributed by atoms with Crippen LogP contribution >= 0.6 is 0 Å². The van der Waals surface area contributed by atoms with Gasteiger partial charge >= 0.3 is 11.8 Å². The molecule has 1 aromatic heterocycles. The molecule has 10 heteroatoms. The van der Waals surface area contributed by atoms with Crippen molar-refractivity contribution in [2.75, 3.05) is 17.6 Å². The Balaban J connectivity index is 1.88.